The summed E-state index contributed by atoms with van der Waals surface area (Å²) >= 11 is 5.85. The van der Waals surface area contributed by atoms with Crippen molar-refractivity contribution in [2.24, 2.45) is 0 Å². The van der Waals surface area contributed by atoms with Gasteiger partial charge in [0.1, 0.15) is 23.3 Å². The van der Waals surface area contributed by atoms with Crippen molar-refractivity contribution >= 4 is 29.3 Å². The molecule has 0 saturated heterocycles. The molecule has 2 aromatic carbocycles. The van der Waals surface area contributed by atoms with Gasteiger partial charge < -0.3 is 5.32 Å². The van der Waals surface area contributed by atoms with Crippen LogP contribution >= 0.6 is 11.6 Å². The highest BCUT2D eigenvalue weighted by Crippen LogP contribution is 2.17. The molecule has 3 aromatic rings. The number of rotatable bonds is 4. The molecule has 0 saturated carbocycles. The molecular weight excluding hydrogens is 374 g/mol. The molecule has 1 heterocycles. The smallest absolute Gasteiger partial charge is 0.266 e. The van der Waals surface area contributed by atoms with E-state index < -0.39 is 17.5 Å². The second-order valence-electron chi connectivity index (χ2n) is 5.44. The molecule has 27 heavy (non-hydrogen) atoms. The summed E-state index contributed by atoms with van der Waals surface area (Å²) in [6, 6.07) is 11.4. The Bertz CT molecular complexity index is 1070. The van der Waals surface area contributed by atoms with Gasteiger partial charge in [0.25, 0.3) is 5.91 Å². The van der Waals surface area contributed by atoms with Crippen LogP contribution in [0.25, 0.3) is 11.8 Å². The molecular formula is C19H11ClF2N4O. The van der Waals surface area contributed by atoms with Crippen LogP contribution in [0.2, 0.25) is 5.02 Å². The van der Waals surface area contributed by atoms with Crippen molar-refractivity contribution in [2.45, 2.75) is 0 Å². The van der Waals surface area contributed by atoms with Crippen molar-refractivity contribution in [3.05, 3.63) is 82.7 Å². The third kappa shape index (κ3) is 4.37. The first-order valence-electron chi connectivity index (χ1n) is 7.65. The maximum atomic E-state index is 13.6. The standard InChI is InChI=1S/C19H11ClF2N4O/c20-14-1-4-16(5-2-14)26-11-12(10-24-26)7-13(9-23)19(27)25-18-6-3-15(21)8-17(18)22/h1-8,10-11H,(H,25,27). The predicted octanol–water partition coefficient (Wildman–Crippen LogP) is 4.35. The van der Waals surface area contributed by atoms with Gasteiger partial charge in [0, 0.05) is 22.8 Å². The van der Waals surface area contributed by atoms with Crippen LogP contribution in [0.5, 0.6) is 0 Å². The Kier molecular flexibility index (Phi) is 5.29. The highest BCUT2D eigenvalue weighted by Gasteiger charge is 2.13. The minimum atomic E-state index is -0.934. The van der Waals surface area contributed by atoms with E-state index in [4.69, 9.17) is 11.6 Å². The molecule has 1 amide bonds. The lowest BCUT2D eigenvalue weighted by molar-refractivity contribution is -0.112. The Morgan fingerprint density at radius 2 is 1.96 bits per heavy atom. The first kappa shape index (κ1) is 18.3. The van der Waals surface area contributed by atoms with E-state index in [9.17, 15) is 18.8 Å². The largest absolute Gasteiger partial charge is 0.319 e. The highest BCUT2D eigenvalue weighted by molar-refractivity contribution is 6.30. The number of hydrogen-bond donors (Lipinski definition) is 1. The molecule has 1 N–H and O–H groups in total. The van der Waals surface area contributed by atoms with E-state index in [2.05, 4.69) is 10.4 Å². The molecule has 5 nitrogen and oxygen atoms in total. The summed E-state index contributed by atoms with van der Waals surface area (Å²) in [7, 11) is 0. The predicted molar refractivity (Wildman–Crippen MR) is 97.2 cm³/mol. The fourth-order valence-electron chi connectivity index (χ4n) is 2.24. The Morgan fingerprint density at radius 1 is 1.22 bits per heavy atom. The topological polar surface area (TPSA) is 70.7 Å². The molecule has 3 rings (SSSR count). The number of halogens is 3. The van der Waals surface area contributed by atoms with Crippen molar-refractivity contribution in [2.75, 3.05) is 5.32 Å². The highest BCUT2D eigenvalue weighted by atomic mass is 35.5. The maximum absolute atomic E-state index is 13.6. The summed E-state index contributed by atoms with van der Waals surface area (Å²) in [6.07, 6.45) is 4.40. The number of carbonyl (C=O) groups excluding carboxylic acids is 1. The number of nitrogens with zero attached hydrogens (tertiary/aromatic N) is 3. The number of benzene rings is 2. The van der Waals surface area contributed by atoms with Crippen LogP contribution in [0.3, 0.4) is 0 Å². The Morgan fingerprint density at radius 3 is 2.63 bits per heavy atom. The van der Waals surface area contributed by atoms with Crippen LogP contribution in [0.1, 0.15) is 5.56 Å². The number of hydrogen-bond acceptors (Lipinski definition) is 3. The molecule has 8 heteroatoms. The number of anilines is 1. The normalized spacial score (nSPS) is 11.1. The van der Waals surface area contributed by atoms with Crippen molar-refractivity contribution in [1.82, 2.24) is 9.78 Å². The first-order chi connectivity index (χ1) is 13.0. The van der Waals surface area contributed by atoms with Crippen molar-refractivity contribution in [1.29, 1.82) is 5.26 Å². The van der Waals surface area contributed by atoms with Crippen molar-refractivity contribution in [3.8, 4) is 11.8 Å². The van der Waals surface area contributed by atoms with Crippen LogP contribution in [0, 0.1) is 23.0 Å². The summed E-state index contributed by atoms with van der Waals surface area (Å²) in [5, 5.41) is 16.2. The van der Waals surface area contributed by atoms with Crippen LogP contribution in [0.4, 0.5) is 14.5 Å². The van der Waals surface area contributed by atoms with Gasteiger partial charge >= 0.3 is 0 Å². The second kappa shape index (κ2) is 7.81. The average Bonchev–Trinajstić information content (AvgIpc) is 3.11. The number of carbonyl (C=O) groups is 1. The van der Waals surface area contributed by atoms with Crippen molar-refractivity contribution in [3.63, 3.8) is 0 Å². The van der Waals surface area contributed by atoms with Gasteiger partial charge in [-0.2, -0.15) is 10.4 Å². The van der Waals surface area contributed by atoms with E-state index in [0.29, 0.717) is 16.7 Å². The average molecular weight is 385 g/mol. The number of nitrogens with one attached hydrogen (secondary N) is 1. The van der Waals surface area contributed by atoms with E-state index in [1.807, 2.05) is 0 Å². The van der Waals surface area contributed by atoms with Gasteiger partial charge in [-0.05, 0) is 42.5 Å². The van der Waals surface area contributed by atoms with Crippen LogP contribution in [0.15, 0.2) is 60.4 Å². The fourth-order valence-corrected chi connectivity index (χ4v) is 2.37. The molecule has 0 aliphatic rings. The molecule has 1 aromatic heterocycles. The zero-order valence-electron chi connectivity index (χ0n) is 13.7. The summed E-state index contributed by atoms with van der Waals surface area (Å²) in [6.45, 7) is 0. The van der Waals surface area contributed by atoms with Gasteiger partial charge in [-0.3, -0.25) is 4.79 Å². The molecule has 0 aliphatic carbocycles. The van der Waals surface area contributed by atoms with Crippen LogP contribution in [-0.2, 0) is 4.79 Å². The zero-order valence-corrected chi connectivity index (χ0v) is 14.4. The minimum Gasteiger partial charge on any atom is -0.319 e. The van der Waals surface area contributed by atoms with E-state index >= 15 is 0 Å². The summed E-state index contributed by atoms with van der Waals surface area (Å²) in [5.74, 6) is -2.52. The van der Waals surface area contributed by atoms with E-state index in [1.165, 1.54) is 12.3 Å². The van der Waals surface area contributed by atoms with Crippen LogP contribution in [-0.4, -0.2) is 15.7 Å². The first-order valence-corrected chi connectivity index (χ1v) is 8.03. The maximum Gasteiger partial charge on any atom is 0.266 e. The van der Waals surface area contributed by atoms with Gasteiger partial charge in [-0.1, -0.05) is 11.6 Å². The molecule has 0 bridgehead atoms. The number of nitriles is 1. The van der Waals surface area contributed by atoms with Crippen molar-refractivity contribution < 1.29 is 13.6 Å². The lowest BCUT2D eigenvalue weighted by atomic mass is 10.2. The van der Waals surface area contributed by atoms with Crippen LogP contribution < -0.4 is 5.32 Å². The van der Waals surface area contributed by atoms with Gasteiger partial charge in [0.05, 0.1) is 17.6 Å². The molecule has 0 aliphatic heterocycles. The SMILES string of the molecule is N#CC(=Cc1cnn(-c2ccc(Cl)cc2)c1)C(=O)Nc1ccc(F)cc1F. The Hall–Kier alpha value is -3.50. The molecule has 0 unspecified atom stereocenters. The monoisotopic (exact) mass is 384 g/mol. The fraction of sp³-hybridized carbons (Fsp3) is 0. The van der Waals surface area contributed by atoms with Gasteiger partial charge in [0.2, 0.25) is 0 Å². The zero-order chi connectivity index (χ0) is 19.4. The lowest BCUT2D eigenvalue weighted by Gasteiger charge is -2.05. The third-order valence-electron chi connectivity index (χ3n) is 3.55. The molecule has 0 radical (unpaired) electrons. The summed E-state index contributed by atoms with van der Waals surface area (Å²) in [5.41, 5.74) is 0.764. The minimum absolute atomic E-state index is 0.223. The summed E-state index contributed by atoms with van der Waals surface area (Å²) in [4.78, 5) is 12.2. The number of aromatic nitrogens is 2. The van der Waals surface area contributed by atoms with Gasteiger partial charge in [-0.25, -0.2) is 13.5 Å². The van der Waals surface area contributed by atoms with Gasteiger partial charge in [0.15, 0.2) is 0 Å². The molecule has 0 atom stereocenters. The van der Waals surface area contributed by atoms with E-state index in [0.717, 1.165) is 17.8 Å². The van der Waals surface area contributed by atoms with Gasteiger partial charge in [-0.15, -0.1) is 0 Å². The third-order valence-corrected chi connectivity index (χ3v) is 3.80. The quantitative estimate of drug-likeness (QED) is 0.537. The Balaban J connectivity index is 1.81. The Labute approximate surface area is 158 Å². The van der Waals surface area contributed by atoms with E-state index in [-0.39, 0.29) is 11.3 Å². The second-order valence-corrected chi connectivity index (χ2v) is 5.88. The number of amides is 1. The molecule has 134 valence electrons. The lowest BCUT2D eigenvalue weighted by Crippen LogP contribution is -2.14. The molecule has 0 fully saturated rings. The molecule has 0 spiro atoms. The summed E-state index contributed by atoms with van der Waals surface area (Å²) < 4.78 is 28.1. The van der Waals surface area contributed by atoms with E-state index in [1.54, 1.807) is 41.2 Å².